The number of carbonyl (C=O) groups excluding carboxylic acids is 1. The summed E-state index contributed by atoms with van der Waals surface area (Å²) in [7, 11) is 1.92. The first-order valence-corrected chi connectivity index (χ1v) is 9.17. The van der Waals surface area contributed by atoms with Gasteiger partial charge in [0.2, 0.25) is 5.91 Å². The monoisotopic (exact) mass is 326 g/mol. The molecule has 0 aromatic carbocycles. The van der Waals surface area contributed by atoms with Crippen LogP contribution < -0.4 is 5.73 Å². The Morgan fingerprint density at radius 3 is 2.74 bits per heavy atom. The number of halogens is 1. The minimum atomic E-state index is -0.319. The Morgan fingerprint density at radius 1 is 1.47 bits per heavy atom. The molecule has 0 bridgehead atoms. The van der Waals surface area contributed by atoms with Crippen molar-refractivity contribution in [1.29, 1.82) is 0 Å². The molecule has 1 aliphatic rings. The fraction of sp³-hybridized carbons (Fsp3) is 0.923. The third-order valence-corrected chi connectivity index (χ3v) is 5.48. The van der Waals surface area contributed by atoms with Gasteiger partial charge >= 0.3 is 0 Å². The van der Waals surface area contributed by atoms with Crippen LogP contribution >= 0.6 is 35.9 Å². The first-order chi connectivity index (χ1) is 8.60. The molecular weight excluding hydrogens is 300 g/mol. The van der Waals surface area contributed by atoms with Crippen molar-refractivity contribution >= 4 is 41.8 Å². The number of hydrogen-bond donors (Lipinski definition) is 1. The summed E-state index contributed by atoms with van der Waals surface area (Å²) in [5, 5.41) is 0.734. The second-order valence-electron chi connectivity index (χ2n) is 4.88. The van der Waals surface area contributed by atoms with Crippen molar-refractivity contribution in [3.05, 3.63) is 0 Å². The largest absolute Gasteiger partial charge is 0.341 e. The van der Waals surface area contributed by atoms with Crippen LogP contribution in [0.1, 0.15) is 32.6 Å². The van der Waals surface area contributed by atoms with Gasteiger partial charge in [-0.2, -0.15) is 23.5 Å². The molecule has 1 aliphatic carbocycles. The van der Waals surface area contributed by atoms with Gasteiger partial charge in [0.1, 0.15) is 0 Å². The lowest BCUT2D eigenvalue weighted by atomic mass is 10.1. The van der Waals surface area contributed by atoms with Gasteiger partial charge in [0, 0.05) is 18.3 Å². The average Bonchev–Trinajstić information content (AvgIpc) is 2.83. The van der Waals surface area contributed by atoms with Crippen molar-refractivity contribution in [3.63, 3.8) is 0 Å². The summed E-state index contributed by atoms with van der Waals surface area (Å²) >= 11 is 3.77. The number of thioether (sulfide) groups is 2. The Morgan fingerprint density at radius 2 is 2.16 bits per heavy atom. The van der Waals surface area contributed by atoms with Crippen LogP contribution in [0.5, 0.6) is 0 Å². The predicted octanol–water partition coefficient (Wildman–Crippen LogP) is 2.62. The van der Waals surface area contributed by atoms with Crippen LogP contribution in [0.2, 0.25) is 0 Å². The zero-order valence-electron chi connectivity index (χ0n) is 12.1. The Bertz CT molecular complexity index is 269. The van der Waals surface area contributed by atoms with E-state index >= 15 is 0 Å². The lowest BCUT2D eigenvalue weighted by Gasteiger charge is -2.27. The second-order valence-corrected chi connectivity index (χ2v) is 7.44. The highest BCUT2D eigenvalue weighted by molar-refractivity contribution is 7.99. The molecule has 0 aromatic heterocycles. The van der Waals surface area contributed by atoms with E-state index in [2.05, 4.69) is 6.92 Å². The lowest BCUT2D eigenvalue weighted by Crippen LogP contribution is -2.46. The first kappa shape index (κ1) is 19.4. The molecule has 3 nitrogen and oxygen atoms in total. The molecule has 1 rings (SSSR count). The van der Waals surface area contributed by atoms with Gasteiger partial charge in [0.25, 0.3) is 0 Å². The molecule has 0 heterocycles. The lowest BCUT2D eigenvalue weighted by molar-refractivity contribution is -0.133. The predicted molar refractivity (Wildman–Crippen MR) is 90.6 cm³/mol. The maximum Gasteiger partial charge on any atom is 0.239 e. The Labute approximate surface area is 132 Å². The van der Waals surface area contributed by atoms with Gasteiger partial charge in [0.05, 0.1) is 6.04 Å². The van der Waals surface area contributed by atoms with E-state index in [0.29, 0.717) is 6.04 Å². The average molecular weight is 327 g/mol. The summed E-state index contributed by atoms with van der Waals surface area (Å²) in [4.78, 5) is 14.1. The molecule has 0 aromatic rings. The summed E-state index contributed by atoms with van der Waals surface area (Å²) in [5.74, 6) is 2.25. The third-order valence-electron chi connectivity index (χ3n) is 3.60. The number of nitrogens with zero attached hydrogens (tertiary/aromatic N) is 1. The fourth-order valence-corrected chi connectivity index (χ4v) is 4.09. The Balaban J connectivity index is 0.00000324. The second kappa shape index (κ2) is 10.2. The van der Waals surface area contributed by atoms with Crippen LogP contribution in [-0.2, 0) is 4.79 Å². The SMILES string of the molecule is CCSC1CCC(N(C)C(=O)[C@@H](N)CCSC)C1.Cl. The maximum absolute atomic E-state index is 12.2. The third kappa shape index (κ3) is 6.15. The number of carbonyl (C=O) groups is 1. The molecule has 0 spiro atoms. The molecule has 1 saturated carbocycles. The Kier molecular flexibility index (Phi) is 10.4. The highest BCUT2D eigenvalue weighted by atomic mass is 35.5. The molecule has 0 radical (unpaired) electrons. The number of amides is 1. The van der Waals surface area contributed by atoms with E-state index < -0.39 is 0 Å². The van der Waals surface area contributed by atoms with Gasteiger partial charge in [-0.25, -0.2) is 0 Å². The van der Waals surface area contributed by atoms with Crippen molar-refractivity contribution in [2.24, 2.45) is 5.73 Å². The van der Waals surface area contributed by atoms with E-state index in [1.165, 1.54) is 12.2 Å². The molecule has 0 aliphatic heterocycles. The smallest absolute Gasteiger partial charge is 0.239 e. The summed E-state index contributed by atoms with van der Waals surface area (Å²) in [6, 6.07) is 0.0854. The summed E-state index contributed by atoms with van der Waals surface area (Å²) < 4.78 is 0. The van der Waals surface area contributed by atoms with Gasteiger partial charge < -0.3 is 10.6 Å². The molecule has 2 N–H and O–H groups in total. The zero-order chi connectivity index (χ0) is 13.5. The van der Waals surface area contributed by atoms with Gasteiger partial charge in [-0.05, 0) is 43.4 Å². The van der Waals surface area contributed by atoms with Crippen LogP contribution in [0.25, 0.3) is 0 Å². The van der Waals surface area contributed by atoms with Crippen molar-refractivity contribution < 1.29 is 4.79 Å². The van der Waals surface area contributed by atoms with E-state index in [9.17, 15) is 4.79 Å². The summed E-state index contributed by atoms with van der Waals surface area (Å²) in [6.07, 6.45) is 6.33. The summed E-state index contributed by atoms with van der Waals surface area (Å²) in [5.41, 5.74) is 5.96. The number of hydrogen-bond acceptors (Lipinski definition) is 4. The molecule has 1 fully saturated rings. The van der Waals surface area contributed by atoms with Crippen molar-refractivity contribution in [2.75, 3.05) is 24.8 Å². The topological polar surface area (TPSA) is 46.3 Å². The van der Waals surface area contributed by atoms with Gasteiger partial charge in [-0.1, -0.05) is 6.92 Å². The molecule has 6 heteroatoms. The van der Waals surface area contributed by atoms with Crippen LogP contribution in [0.3, 0.4) is 0 Å². The minimum Gasteiger partial charge on any atom is -0.341 e. The van der Waals surface area contributed by atoms with E-state index in [1.54, 1.807) is 11.8 Å². The zero-order valence-corrected chi connectivity index (χ0v) is 14.6. The fourth-order valence-electron chi connectivity index (χ4n) is 2.47. The molecular formula is C13H27ClN2OS2. The van der Waals surface area contributed by atoms with Crippen LogP contribution in [0.15, 0.2) is 0 Å². The normalized spacial score (nSPS) is 23.8. The van der Waals surface area contributed by atoms with Crippen molar-refractivity contribution in [3.8, 4) is 0 Å². The van der Waals surface area contributed by atoms with Gasteiger partial charge in [0.15, 0.2) is 0 Å². The maximum atomic E-state index is 12.2. The first-order valence-electron chi connectivity index (χ1n) is 6.72. The van der Waals surface area contributed by atoms with E-state index in [-0.39, 0.29) is 24.4 Å². The van der Waals surface area contributed by atoms with E-state index in [1.807, 2.05) is 30.0 Å². The molecule has 3 atom stereocenters. The summed E-state index contributed by atoms with van der Waals surface area (Å²) in [6.45, 7) is 2.20. The number of nitrogens with two attached hydrogens (primary N) is 1. The van der Waals surface area contributed by atoms with E-state index in [4.69, 9.17) is 5.73 Å². The Hall–Kier alpha value is 0.420. The molecule has 0 saturated heterocycles. The quantitative estimate of drug-likeness (QED) is 0.781. The highest BCUT2D eigenvalue weighted by Gasteiger charge is 2.31. The van der Waals surface area contributed by atoms with Crippen molar-refractivity contribution in [1.82, 2.24) is 4.90 Å². The van der Waals surface area contributed by atoms with Crippen LogP contribution in [0, 0.1) is 0 Å². The minimum absolute atomic E-state index is 0. The molecule has 19 heavy (non-hydrogen) atoms. The van der Waals surface area contributed by atoms with Gasteiger partial charge in [-0.15, -0.1) is 12.4 Å². The number of likely N-dealkylation sites (N-methyl/N-ethyl adjacent to an activating group) is 1. The molecule has 2 unspecified atom stereocenters. The number of rotatable bonds is 7. The highest BCUT2D eigenvalue weighted by Crippen LogP contribution is 2.32. The van der Waals surface area contributed by atoms with E-state index in [0.717, 1.165) is 30.3 Å². The van der Waals surface area contributed by atoms with Crippen molar-refractivity contribution in [2.45, 2.75) is 49.9 Å². The standard InChI is InChI=1S/C13H26N2OS2.ClH/c1-4-18-11-6-5-10(9-11)15(2)13(16)12(14)7-8-17-3;/h10-12H,4-9,14H2,1-3H3;1H/t10?,11?,12-;/m0./s1. The van der Waals surface area contributed by atoms with Gasteiger partial charge in [-0.3, -0.25) is 4.79 Å². The molecule has 114 valence electrons. The molecule has 1 amide bonds. The van der Waals surface area contributed by atoms with Crippen LogP contribution in [-0.4, -0.2) is 52.9 Å². The van der Waals surface area contributed by atoms with Crippen LogP contribution in [0.4, 0.5) is 0 Å².